The normalized spacial score (nSPS) is 11.6. The Morgan fingerprint density at radius 1 is 1.17 bits per heavy atom. The van der Waals surface area contributed by atoms with Gasteiger partial charge in [0.15, 0.2) is 6.29 Å². The molecule has 7 nitrogen and oxygen atoms in total. The Morgan fingerprint density at radius 2 is 1.90 bits per heavy atom. The van der Waals surface area contributed by atoms with Crippen molar-refractivity contribution >= 4 is 23.2 Å². The van der Waals surface area contributed by atoms with Gasteiger partial charge >= 0.3 is 5.97 Å². The maximum atomic E-state index is 11.0. The van der Waals surface area contributed by atoms with Crippen molar-refractivity contribution in [1.82, 2.24) is 10.3 Å². The Hall–Kier alpha value is -3.16. The number of aromatic amines is 1. The number of aldehydes is 1. The van der Waals surface area contributed by atoms with Crippen molar-refractivity contribution in [2.75, 3.05) is 13.2 Å². The number of rotatable bonds is 8. The molecule has 3 aromatic rings. The molecule has 2 aromatic carbocycles. The first kappa shape index (κ1) is 22.1. The van der Waals surface area contributed by atoms with E-state index in [0.29, 0.717) is 29.5 Å². The van der Waals surface area contributed by atoms with Gasteiger partial charge in [-0.2, -0.15) is 0 Å². The van der Waals surface area contributed by atoms with Crippen LogP contribution in [0.15, 0.2) is 54.7 Å². The van der Waals surface area contributed by atoms with Crippen molar-refractivity contribution in [1.29, 1.82) is 0 Å². The number of hydrogen-bond donors (Lipinski definition) is 4. The molecule has 1 heterocycles. The summed E-state index contributed by atoms with van der Waals surface area (Å²) in [5.41, 5.74) is 1.74. The van der Waals surface area contributed by atoms with Crippen LogP contribution in [-0.2, 0) is 0 Å². The van der Waals surface area contributed by atoms with Crippen molar-refractivity contribution in [3.63, 3.8) is 0 Å². The van der Waals surface area contributed by atoms with Crippen LogP contribution >= 0.6 is 0 Å². The average molecular weight is 398 g/mol. The zero-order chi connectivity index (χ0) is 21.2. The third-order valence-corrected chi connectivity index (χ3v) is 4.04. The van der Waals surface area contributed by atoms with Crippen LogP contribution in [0.1, 0.15) is 34.6 Å². The second kappa shape index (κ2) is 11.0. The average Bonchev–Trinajstić information content (AvgIpc) is 3.15. The molecule has 0 aliphatic heterocycles. The first-order chi connectivity index (χ1) is 13.9. The number of aliphatic hydroxyl groups is 1. The number of hydrogen-bond acceptors (Lipinski definition) is 5. The topological polar surface area (TPSA) is 112 Å². The maximum absolute atomic E-state index is 11.0. The molecule has 0 saturated heterocycles. The van der Waals surface area contributed by atoms with E-state index < -0.39 is 12.1 Å². The second-order valence-electron chi connectivity index (χ2n) is 6.74. The molecule has 0 spiro atoms. The highest BCUT2D eigenvalue weighted by atomic mass is 16.5. The molecular weight excluding hydrogens is 372 g/mol. The SMILES string of the molecule is CC(C)NCC(O)COc1cccc2[nH]cc(C=O)c12.O=C(O)c1ccccc1. The Balaban J connectivity index is 0.000000278. The molecule has 1 aromatic heterocycles. The number of aromatic nitrogens is 1. The monoisotopic (exact) mass is 398 g/mol. The van der Waals surface area contributed by atoms with Crippen LogP contribution in [0.3, 0.4) is 0 Å². The number of benzene rings is 2. The molecule has 0 aliphatic rings. The molecule has 0 fully saturated rings. The van der Waals surface area contributed by atoms with Crippen LogP contribution in [0.25, 0.3) is 10.9 Å². The largest absolute Gasteiger partial charge is 0.490 e. The maximum Gasteiger partial charge on any atom is 0.335 e. The molecule has 7 heteroatoms. The number of aromatic carboxylic acids is 1. The number of carbonyl (C=O) groups excluding carboxylic acids is 1. The number of nitrogens with one attached hydrogen (secondary N) is 2. The van der Waals surface area contributed by atoms with E-state index in [9.17, 15) is 14.7 Å². The fraction of sp³-hybridized carbons (Fsp3) is 0.273. The van der Waals surface area contributed by atoms with Crippen LogP contribution in [0, 0.1) is 0 Å². The van der Waals surface area contributed by atoms with Crippen molar-refractivity contribution < 1.29 is 24.5 Å². The standard InChI is InChI=1S/C15H20N2O3.C7H6O2/c1-10(2)16-7-12(19)9-20-14-5-3-4-13-15(14)11(8-18)6-17-13;8-7(9)6-4-2-1-3-5-6/h3-6,8,10,12,16-17,19H,7,9H2,1-2H3;1-5H,(H,8,9). The van der Waals surface area contributed by atoms with Gasteiger partial charge in [-0.1, -0.05) is 38.1 Å². The molecule has 3 rings (SSSR count). The zero-order valence-corrected chi connectivity index (χ0v) is 16.5. The fourth-order valence-electron chi connectivity index (χ4n) is 2.59. The number of carbonyl (C=O) groups is 2. The van der Waals surface area contributed by atoms with Crippen LogP contribution in [0.2, 0.25) is 0 Å². The summed E-state index contributed by atoms with van der Waals surface area (Å²) in [4.78, 5) is 24.2. The summed E-state index contributed by atoms with van der Waals surface area (Å²) in [5, 5.41) is 22.1. The molecule has 4 N–H and O–H groups in total. The highest BCUT2D eigenvalue weighted by molar-refractivity contribution is 6.00. The minimum atomic E-state index is -0.879. The number of ether oxygens (including phenoxy) is 1. The molecule has 0 radical (unpaired) electrons. The molecule has 0 saturated carbocycles. The van der Waals surface area contributed by atoms with Crippen molar-refractivity contribution in [2.24, 2.45) is 0 Å². The third-order valence-electron chi connectivity index (χ3n) is 4.04. The van der Waals surface area contributed by atoms with Crippen molar-refractivity contribution in [3.05, 3.63) is 65.9 Å². The summed E-state index contributed by atoms with van der Waals surface area (Å²) in [6, 6.07) is 14.1. The molecule has 1 atom stereocenters. The molecular formula is C22H26N2O5. The lowest BCUT2D eigenvalue weighted by Crippen LogP contribution is -2.35. The molecule has 154 valence electrons. The molecule has 29 heavy (non-hydrogen) atoms. The first-order valence-electron chi connectivity index (χ1n) is 9.30. The van der Waals surface area contributed by atoms with Gasteiger partial charge in [-0.15, -0.1) is 0 Å². The van der Waals surface area contributed by atoms with E-state index in [1.54, 1.807) is 42.6 Å². The quantitative estimate of drug-likeness (QED) is 0.434. The van der Waals surface area contributed by atoms with Gasteiger partial charge in [-0.3, -0.25) is 4.79 Å². The lowest BCUT2D eigenvalue weighted by molar-refractivity contribution is 0.0696. The van der Waals surface area contributed by atoms with Gasteiger partial charge in [0.1, 0.15) is 18.5 Å². The Labute approximate surface area is 169 Å². The molecule has 0 aliphatic carbocycles. The number of carboxylic acid groups (broad SMARTS) is 1. The van der Waals surface area contributed by atoms with Crippen LogP contribution < -0.4 is 10.1 Å². The molecule has 0 bridgehead atoms. The summed E-state index contributed by atoms with van der Waals surface area (Å²) in [7, 11) is 0. The van der Waals surface area contributed by atoms with Gasteiger partial charge in [-0.25, -0.2) is 4.79 Å². The minimum Gasteiger partial charge on any atom is -0.490 e. The summed E-state index contributed by atoms with van der Waals surface area (Å²) < 4.78 is 5.65. The van der Waals surface area contributed by atoms with Crippen molar-refractivity contribution in [3.8, 4) is 5.75 Å². The summed E-state index contributed by atoms with van der Waals surface area (Å²) >= 11 is 0. The smallest absolute Gasteiger partial charge is 0.335 e. The van der Waals surface area contributed by atoms with Gasteiger partial charge in [-0.05, 0) is 24.3 Å². The van der Waals surface area contributed by atoms with Crippen LogP contribution in [0.5, 0.6) is 5.75 Å². The van der Waals surface area contributed by atoms with E-state index in [1.807, 2.05) is 26.0 Å². The van der Waals surface area contributed by atoms with E-state index in [1.165, 1.54) is 0 Å². The fourth-order valence-corrected chi connectivity index (χ4v) is 2.59. The number of H-pyrrole nitrogens is 1. The lowest BCUT2D eigenvalue weighted by atomic mass is 10.1. The minimum absolute atomic E-state index is 0.183. The highest BCUT2D eigenvalue weighted by Gasteiger charge is 2.11. The zero-order valence-electron chi connectivity index (χ0n) is 16.5. The predicted octanol–water partition coefficient (Wildman–Crippen LogP) is 3.10. The molecule has 0 amide bonds. The van der Waals surface area contributed by atoms with E-state index in [2.05, 4.69) is 10.3 Å². The van der Waals surface area contributed by atoms with Gasteiger partial charge < -0.3 is 25.3 Å². The van der Waals surface area contributed by atoms with Gasteiger partial charge in [0, 0.05) is 29.9 Å². The van der Waals surface area contributed by atoms with E-state index in [4.69, 9.17) is 9.84 Å². The van der Waals surface area contributed by atoms with Gasteiger partial charge in [0.25, 0.3) is 0 Å². The van der Waals surface area contributed by atoms with Gasteiger partial charge in [0.2, 0.25) is 0 Å². The van der Waals surface area contributed by atoms with E-state index >= 15 is 0 Å². The van der Waals surface area contributed by atoms with E-state index in [0.717, 1.165) is 17.2 Å². The number of carboxylic acids is 1. The second-order valence-corrected chi connectivity index (χ2v) is 6.74. The lowest BCUT2D eigenvalue weighted by Gasteiger charge is -2.15. The first-order valence-corrected chi connectivity index (χ1v) is 9.30. The Bertz CT molecular complexity index is 921. The van der Waals surface area contributed by atoms with Crippen LogP contribution in [-0.4, -0.2) is 52.7 Å². The third kappa shape index (κ3) is 6.74. The summed E-state index contributed by atoms with van der Waals surface area (Å²) in [6.45, 7) is 4.69. The van der Waals surface area contributed by atoms with Gasteiger partial charge in [0.05, 0.1) is 10.9 Å². The van der Waals surface area contributed by atoms with E-state index in [-0.39, 0.29) is 6.61 Å². The number of aliphatic hydroxyl groups excluding tert-OH is 1. The molecule has 1 unspecified atom stereocenters. The highest BCUT2D eigenvalue weighted by Crippen LogP contribution is 2.27. The number of fused-ring (bicyclic) bond motifs is 1. The predicted molar refractivity (Wildman–Crippen MR) is 112 cm³/mol. The Kier molecular flexibility index (Phi) is 8.39. The van der Waals surface area contributed by atoms with Crippen LogP contribution in [0.4, 0.5) is 0 Å². The Morgan fingerprint density at radius 3 is 2.48 bits per heavy atom. The summed E-state index contributed by atoms with van der Waals surface area (Å²) in [6.07, 6.45) is 1.86. The van der Waals surface area contributed by atoms with Crippen molar-refractivity contribution in [2.45, 2.75) is 26.0 Å². The summed E-state index contributed by atoms with van der Waals surface area (Å²) in [5.74, 6) is -0.273.